The zero-order valence-electron chi connectivity index (χ0n) is 9.85. The summed E-state index contributed by atoms with van der Waals surface area (Å²) in [5, 5.41) is 8.98. The van der Waals surface area contributed by atoms with E-state index in [1.807, 2.05) is 6.92 Å². The Morgan fingerprint density at radius 1 is 1.50 bits per heavy atom. The smallest absolute Gasteiger partial charge is 0.314 e. The third-order valence-corrected chi connectivity index (χ3v) is 3.14. The van der Waals surface area contributed by atoms with Crippen molar-refractivity contribution in [3.8, 4) is 0 Å². The number of halogens is 1. The Labute approximate surface area is 103 Å². The largest absolute Gasteiger partial charge is 0.481 e. The van der Waals surface area contributed by atoms with Gasteiger partial charge in [0.2, 0.25) is 0 Å². The Hall–Kier alpha value is -0.770. The number of carboxylic acid groups (broad SMARTS) is 1. The molecule has 0 aromatic carbocycles. The number of hydrogen-bond acceptors (Lipinski definition) is 3. The number of carbonyl (C=O) groups is 1. The molecule has 1 aliphatic rings. The molecule has 0 aliphatic carbocycles. The minimum atomic E-state index is -0.846. The molecule has 0 aromatic heterocycles. The van der Waals surface area contributed by atoms with E-state index in [0.717, 1.165) is 12.8 Å². The molecule has 0 aromatic rings. The zero-order valence-corrected chi connectivity index (χ0v) is 10.7. The predicted molar refractivity (Wildman–Crippen MR) is 67.1 cm³/mol. The van der Waals surface area contributed by atoms with E-state index in [4.69, 9.17) is 10.8 Å². The Morgan fingerprint density at radius 2 is 2.12 bits per heavy atom. The highest BCUT2D eigenvalue weighted by molar-refractivity contribution is 6.01. The molecular weight excluding hydrogens is 228 g/mol. The van der Waals surface area contributed by atoms with Crippen molar-refractivity contribution in [1.29, 1.82) is 0 Å². The summed E-state index contributed by atoms with van der Waals surface area (Å²) in [7, 11) is 0. The van der Waals surface area contributed by atoms with Gasteiger partial charge < -0.3 is 10.8 Å². The summed E-state index contributed by atoms with van der Waals surface area (Å²) < 4.78 is 0. The lowest BCUT2D eigenvalue weighted by Gasteiger charge is -2.16. The Balaban J connectivity index is 0.00000225. The van der Waals surface area contributed by atoms with Crippen LogP contribution in [0.15, 0.2) is 4.99 Å². The SMILES string of the molecule is CCCCCC1N=C(N)C(C(=O)O)C1C.Cl. The van der Waals surface area contributed by atoms with Crippen molar-refractivity contribution < 1.29 is 9.90 Å². The Kier molecular flexibility index (Phi) is 6.41. The van der Waals surface area contributed by atoms with Crippen LogP contribution in [0.2, 0.25) is 0 Å². The Morgan fingerprint density at radius 3 is 2.56 bits per heavy atom. The highest BCUT2D eigenvalue weighted by Gasteiger charge is 2.38. The molecule has 0 bridgehead atoms. The highest BCUT2D eigenvalue weighted by Crippen LogP contribution is 2.29. The molecule has 1 rings (SSSR count). The van der Waals surface area contributed by atoms with E-state index >= 15 is 0 Å². The summed E-state index contributed by atoms with van der Waals surface area (Å²) in [6.07, 6.45) is 4.41. The van der Waals surface area contributed by atoms with Gasteiger partial charge in [0, 0.05) is 0 Å². The number of amidine groups is 1. The van der Waals surface area contributed by atoms with E-state index in [1.54, 1.807) is 0 Å². The lowest BCUT2D eigenvalue weighted by atomic mass is 9.88. The van der Waals surface area contributed by atoms with Gasteiger partial charge in [-0.25, -0.2) is 0 Å². The summed E-state index contributed by atoms with van der Waals surface area (Å²) in [6, 6.07) is 0.109. The number of hydrogen-bond donors (Lipinski definition) is 2. The maximum atomic E-state index is 10.9. The van der Waals surface area contributed by atoms with Crippen LogP contribution in [0.25, 0.3) is 0 Å². The number of nitrogens with two attached hydrogens (primary N) is 1. The van der Waals surface area contributed by atoms with Gasteiger partial charge in [0.15, 0.2) is 0 Å². The number of aliphatic carboxylic acids is 1. The van der Waals surface area contributed by atoms with E-state index < -0.39 is 11.9 Å². The van der Waals surface area contributed by atoms with Crippen molar-refractivity contribution in [3.05, 3.63) is 0 Å². The van der Waals surface area contributed by atoms with Crippen LogP contribution in [0.3, 0.4) is 0 Å². The number of carboxylic acids is 1. The van der Waals surface area contributed by atoms with Crippen LogP contribution in [0.5, 0.6) is 0 Å². The van der Waals surface area contributed by atoms with Gasteiger partial charge in [-0.2, -0.15) is 0 Å². The molecule has 1 heterocycles. The Bertz CT molecular complexity index is 269. The van der Waals surface area contributed by atoms with Crippen LogP contribution >= 0.6 is 12.4 Å². The first kappa shape index (κ1) is 15.2. The van der Waals surface area contributed by atoms with Crippen LogP contribution in [0.4, 0.5) is 0 Å². The monoisotopic (exact) mass is 248 g/mol. The average molecular weight is 249 g/mol. The van der Waals surface area contributed by atoms with Crippen LogP contribution in [0, 0.1) is 11.8 Å². The van der Waals surface area contributed by atoms with Gasteiger partial charge in [-0.05, 0) is 12.3 Å². The molecule has 5 heteroatoms. The molecule has 3 N–H and O–H groups in total. The topological polar surface area (TPSA) is 75.7 Å². The molecule has 4 nitrogen and oxygen atoms in total. The van der Waals surface area contributed by atoms with Gasteiger partial charge in [0.25, 0.3) is 0 Å². The minimum Gasteiger partial charge on any atom is -0.481 e. The first-order chi connectivity index (χ1) is 7.07. The summed E-state index contributed by atoms with van der Waals surface area (Å²) in [5.74, 6) is -1.07. The first-order valence-electron chi connectivity index (χ1n) is 5.63. The number of unbranched alkanes of at least 4 members (excludes halogenated alkanes) is 2. The van der Waals surface area contributed by atoms with Gasteiger partial charge in [-0.3, -0.25) is 9.79 Å². The molecule has 0 amide bonds. The molecule has 3 unspecified atom stereocenters. The molecule has 0 radical (unpaired) electrons. The van der Waals surface area contributed by atoms with E-state index in [9.17, 15) is 4.79 Å². The molecule has 94 valence electrons. The van der Waals surface area contributed by atoms with Gasteiger partial charge >= 0.3 is 5.97 Å². The van der Waals surface area contributed by atoms with Crippen molar-refractivity contribution in [2.45, 2.75) is 45.6 Å². The van der Waals surface area contributed by atoms with Gasteiger partial charge in [0.1, 0.15) is 11.8 Å². The fourth-order valence-corrected chi connectivity index (χ4v) is 2.16. The normalized spacial score (nSPS) is 28.4. The summed E-state index contributed by atoms with van der Waals surface area (Å²) >= 11 is 0. The van der Waals surface area contributed by atoms with Gasteiger partial charge in [-0.1, -0.05) is 33.1 Å². The second-order valence-electron chi connectivity index (χ2n) is 4.29. The van der Waals surface area contributed by atoms with Crippen molar-refractivity contribution in [1.82, 2.24) is 0 Å². The molecule has 1 aliphatic heterocycles. The van der Waals surface area contributed by atoms with Gasteiger partial charge in [-0.15, -0.1) is 12.4 Å². The highest BCUT2D eigenvalue weighted by atomic mass is 35.5. The summed E-state index contributed by atoms with van der Waals surface area (Å²) in [6.45, 7) is 4.08. The minimum absolute atomic E-state index is 0. The number of rotatable bonds is 5. The summed E-state index contributed by atoms with van der Waals surface area (Å²) in [5.41, 5.74) is 5.63. The standard InChI is InChI=1S/C11H20N2O2.ClH/c1-3-4-5-6-8-7(2)9(11(14)15)10(12)13-8;/h7-9H,3-6H2,1-2H3,(H2,12,13)(H,14,15);1H. The molecule has 0 fully saturated rings. The van der Waals surface area contributed by atoms with Crippen molar-refractivity contribution in [2.24, 2.45) is 22.6 Å². The molecule has 3 atom stereocenters. The van der Waals surface area contributed by atoms with E-state index in [1.165, 1.54) is 12.8 Å². The third kappa shape index (κ3) is 3.37. The van der Waals surface area contributed by atoms with Crippen molar-refractivity contribution in [3.63, 3.8) is 0 Å². The van der Waals surface area contributed by atoms with Crippen LogP contribution in [-0.2, 0) is 4.79 Å². The van der Waals surface area contributed by atoms with E-state index in [2.05, 4.69) is 11.9 Å². The maximum Gasteiger partial charge on any atom is 0.314 e. The van der Waals surface area contributed by atoms with Crippen molar-refractivity contribution in [2.75, 3.05) is 0 Å². The van der Waals surface area contributed by atoms with Crippen LogP contribution in [0.1, 0.15) is 39.5 Å². The predicted octanol–water partition coefficient (Wildman–Crippen LogP) is 2.06. The first-order valence-corrected chi connectivity index (χ1v) is 5.63. The molecule has 16 heavy (non-hydrogen) atoms. The molecular formula is C11H21ClN2O2. The average Bonchev–Trinajstić information content (AvgIpc) is 2.42. The van der Waals surface area contributed by atoms with E-state index in [0.29, 0.717) is 5.84 Å². The maximum absolute atomic E-state index is 10.9. The zero-order chi connectivity index (χ0) is 11.4. The van der Waals surface area contributed by atoms with Gasteiger partial charge in [0.05, 0.1) is 6.04 Å². The molecule has 0 spiro atoms. The second kappa shape index (κ2) is 6.74. The van der Waals surface area contributed by atoms with E-state index in [-0.39, 0.29) is 24.4 Å². The second-order valence-corrected chi connectivity index (χ2v) is 4.29. The fourth-order valence-electron chi connectivity index (χ4n) is 2.16. The fraction of sp³-hybridized carbons (Fsp3) is 0.818. The quantitative estimate of drug-likeness (QED) is 0.732. The number of aliphatic imine (C=N–C) groups is 1. The molecule has 0 saturated carbocycles. The van der Waals surface area contributed by atoms with Crippen LogP contribution < -0.4 is 5.73 Å². The lowest BCUT2D eigenvalue weighted by molar-refractivity contribution is -0.140. The van der Waals surface area contributed by atoms with Crippen LogP contribution in [-0.4, -0.2) is 23.0 Å². The molecule has 0 saturated heterocycles. The van der Waals surface area contributed by atoms with Crippen molar-refractivity contribution >= 4 is 24.2 Å². The lowest BCUT2D eigenvalue weighted by Crippen LogP contribution is -2.32. The number of nitrogens with zero attached hydrogens (tertiary/aromatic N) is 1. The summed E-state index contributed by atoms with van der Waals surface area (Å²) in [4.78, 5) is 15.2. The third-order valence-electron chi connectivity index (χ3n) is 3.14.